The maximum Gasteiger partial charge on any atom is 0.243 e. The van der Waals surface area contributed by atoms with E-state index in [4.69, 9.17) is 5.73 Å². The van der Waals surface area contributed by atoms with E-state index in [9.17, 15) is 13.5 Å². The minimum atomic E-state index is -3.68. The minimum Gasteiger partial charge on any atom is -0.390 e. The third-order valence-corrected chi connectivity index (χ3v) is 7.61. The molecule has 2 aromatic rings. The Hall–Kier alpha value is -1.73. The van der Waals surface area contributed by atoms with E-state index in [0.717, 1.165) is 31.2 Å². The quantitative estimate of drug-likeness (QED) is 0.658. The first-order chi connectivity index (χ1) is 14.0. The Bertz CT molecular complexity index is 837. The Morgan fingerprint density at radius 1 is 0.966 bits per heavy atom. The van der Waals surface area contributed by atoms with E-state index in [0.29, 0.717) is 18.9 Å². The summed E-state index contributed by atoms with van der Waals surface area (Å²) in [6.45, 7) is 0.452. The second kappa shape index (κ2) is 10.3. The Labute approximate surface area is 174 Å². The summed E-state index contributed by atoms with van der Waals surface area (Å²) in [7, 11) is -3.68. The molecular formula is C23H32N2O3S. The molecule has 0 heterocycles. The highest BCUT2D eigenvalue weighted by Crippen LogP contribution is 2.27. The highest BCUT2D eigenvalue weighted by molar-refractivity contribution is 7.89. The zero-order chi connectivity index (χ0) is 20.7. The van der Waals surface area contributed by atoms with Crippen molar-refractivity contribution in [1.82, 2.24) is 4.31 Å². The lowest BCUT2D eigenvalue weighted by molar-refractivity contribution is 0.112. The summed E-state index contributed by atoms with van der Waals surface area (Å²) in [6, 6.07) is 17.7. The van der Waals surface area contributed by atoms with Crippen LogP contribution in [0, 0.1) is 5.92 Å². The number of sulfonamides is 1. The van der Waals surface area contributed by atoms with Gasteiger partial charge in [0.15, 0.2) is 0 Å². The number of aliphatic hydroxyl groups is 1. The van der Waals surface area contributed by atoms with E-state index in [1.807, 2.05) is 30.3 Å². The minimum absolute atomic E-state index is 0.0156. The first kappa shape index (κ1) is 22.0. The van der Waals surface area contributed by atoms with E-state index in [1.54, 1.807) is 30.3 Å². The van der Waals surface area contributed by atoms with Crippen molar-refractivity contribution in [2.75, 3.05) is 13.1 Å². The molecule has 0 amide bonds. The summed E-state index contributed by atoms with van der Waals surface area (Å²) >= 11 is 0. The predicted octanol–water partition coefficient (Wildman–Crippen LogP) is 3.19. The van der Waals surface area contributed by atoms with Crippen molar-refractivity contribution >= 4 is 10.0 Å². The molecule has 2 atom stereocenters. The van der Waals surface area contributed by atoms with Gasteiger partial charge in [0.1, 0.15) is 0 Å². The summed E-state index contributed by atoms with van der Waals surface area (Å²) in [4.78, 5) is 0.264. The summed E-state index contributed by atoms with van der Waals surface area (Å²) in [5.74, 6) is 0.333. The summed E-state index contributed by atoms with van der Waals surface area (Å²) in [6.07, 6.45) is 5.13. The molecule has 6 heteroatoms. The van der Waals surface area contributed by atoms with Crippen LogP contribution >= 0.6 is 0 Å². The van der Waals surface area contributed by atoms with E-state index in [2.05, 4.69) is 0 Å². The maximum absolute atomic E-state index is 13.3. The second-order valence-electron chi connectivity index (χ2n) is 8.06. The van der Waals surface area contributed by atoms with Gasteiger partial charge in [-0.05, 0) is 42.9 Å². The number of hydrogen-bond donors (Lipinski definition) is 2. The van der Waals surface area contributed by atoms with Gasteiger partial charge in [-0.3, -0.25) is 0 Å². The number of hydrogen-bond acceptors (Lipinski definition) is 4. The molecule has 3 rings (SSSR count). The van der Waals surface area contributed by atoms with Crippen molar-refractivity contribution in [3.8, 4) is 0 Å². The Balaban J connectivity index is 1.75. The van der Waals surface area contributed by atoms with Gasteiger partial charge in [-0.25, -0.2) is 8.42 Å². The molecule has 158 valence electrons. The Kier molecular flexibility index (Phi) is 7.84. The molecule has 1 fully saturated rings. The van der Waals surface area contributed by atoms with E-state index in [1.165, 1.54) is 10.7 Å². The van der Waals surface area contributed by atoms with Gasteiger partial charge in [-0.1, -0.05) is 67.8 Å². The van der Waals surface area contributed by atoms with E-state index < -0.39 is 22.2 Å². The van der Waals surface area contributed by atoms with Crippen LogP contribution in [0.5, 0.6) is 0 Å². The van der Waals surface area contributed by atoms with Crippen molar-refractivity contribution in [2.45, 2.75) is 55.6 Å². The lowest BCUT2D eigenvalue weighted by Gasteiger charge is -2.32. The molecule has 1 saturated carbocycles. The molecule has 3 N–H and O–H groups in total. The van der Waals surface area contributed by atoms with E-state index >= 15 is 0 Å². The van der Waals surface area contributed by atoms with Crippen molar-refractivity contribution < 1.29 is 13.5 Å². The lowest BCUT2D eigenvalue weighted by atomic mass is 9.89. The molecular weight excluding hydrogens is 384 g/mol. The highest BCUT2D eigenvalue weighted by atomic mass is 32.2. The number of aliphatic hydroxyl groups excluding tert-OH is 1. The van der Waals surface area contributed by atoms with Gasteiger partial charge >= 0.3 is 0 Å². The summed E-state index contributed by atoms with van der Waals surface area (Å²) in [5.41, 5.74) is 7.27. The fourth-order valence-corrected chi connectivity index (χ4v) is 5.59. The zero-order valence-electron chi connectivity index (χ0n) is 16.9. The van der Waals surface area contributed by atoms with Gasteiger partial charge < -0.3 is 10.8 Å². The first-order valence-electron chi connectivity index (χ1n) is 10.5. The molecule has 0 unspecified atom stereocenters. The van der Waals surface area contributed by atoms with Crippen molar-refractivity contribution in [3.05, 3.63) is 66.2 Å². The molecule has 0 aromatic heterocycles. The molecule has 0 bridgehead atoms. The van der Waals surface area contributed by atoms with Gasteiger partial charge in [0.25, 0.3) is 0 Å². The van der Waals surface area contributed by atoms with Crippen LogP contribution in [-0.2, 0) is 16.4 Å². The van der Waals surface area contributed by atoms with Gasteiger partial charge in [0.2, 0.25) is 10.0 Å². The normalized spacial score (nSPS) is 17.9. The average Bonchev–Trinajstić information content (AvgIpc) is 2.75. The molecule has 1 aliphatic carbocycles. The van der Waals surface area contributed by atoms with Gasteiger partial charge in [-0.2, -0.15) is 4.31 Å². The van der Waals surface area contributed by atoms with Crippen LogP contribution in [0.1, 0.15) is 37.7 Å². The highest BCUT2D eigenvalue weighted by Gasteiger charge is 2.31. The first-order valence-corrected chi connectivity index (χ1v) is 11.9. The van der Waals surface area contributed by atoms with Gasteiger partial charge in [0.05, 0.1) is 11.0 Å². The third-order valence-electron chi connectivity index (χ3n) is 5.77. The maximum atomic E-state index is 13.3. The van der Waals surface area contributed by atoms with Gasteiger partial charge in [-0.15, -0.1) is 0 Å². The van der Waals surface area contributed by atoms with Crippen LogP contribution in [0.2, 0.25) is 0 Å². The van der Waals surface area contributed by atoms with E-state index in [-0.39, 0.29) is 11.4 Å². The topological polar surface area (TPSA) is 83.6 Å². The molecule has 5 nitrogen and oxygen atoms in total. The van der Waals surface area contributed by atoms with Crippen LogP contribution in [-0.4, -0.2) is 43.1 Å². The molecule has 29 heavy (non-hydrogen) atoms. The van der Waals surface area contributed by atoms with Crippen LogP contribution < -0.4 is 5.73 Å². The lowest BCUT2D eigenvalue weighted by Crippen LogP contribution is -2.47. The SMILES string of the molecule is N[C@@H](Cc1ccccc1)[C@H](O)CN(CC1CCCCC1)S(=O)(=O)c1ccccc1. The van der Waals surface area contributed by atoms with Crippen LogP contribution in [0.15, 0.2) is 65.6 Å². The number of benzene rings is 2. The third kappa shape index (κ3) is 6.12. The molecule has 1 aliphatic rings. The monoisotopic (exact) mass is 416 g/mol. The summed E-state index contributed by atoms with van der Waals surface area (Å²) < 4.78 is 28.0. The fraction of sp³-hybridized carbons (Fsp3) is 0.478. The molecule has 0 spiro atoms. The standard InChI is InChI=1S/C23H32N2O3S/c24-22(16-19-10-4-1-5-11-19)23(26)18-25(17-20-12-6-2-7-13-20)29(27,28)21-14-8-3-9-15-21/h1,3-5,8-11,14-15,20,22-23,26H,2,6-7,12-13,16-18,24H2/t22-,23+/m0/s1. The summed E-state index contributed by atoms with van der Waals surface area (Å²) in [5, 5.41) is 10.8. The largest absolute Gasteiger partial charge is 0.390 e. The van der Waals surface area contributed by atoms with Crippen LogP contribution in [0.3, 0.4) is 0 Å². The number of nitrogens with zero attached hydrogens (tertiary/aromatic N) is 1. The van der Waals surface area contributed by atoms with Crippen LogP contribution in [0.4, 0.5) is 0 Å². The Morgan fingerprint density at radius 3 is 2.17 bits per heavy atom. The molecule has 0 radical (unpaired) electrons. The molecule has 2 aromatic carbocycles. The van der Waals surface area contributed by atoms with Crippen molar-refractivity contribution in [1.29, 1.82) is 0 Å². The molecule has 0 aliphatic heterocycles. The number of nitrogens with two attached hydrogens (primary N) is 1. The fourth-order valence-electron chi connectivity index (χ4n) is 4.04. The van der Waals surface area contributed by atoms with Crippen molar-refractivity contribution in [2.24, 2.45) is 11.7 Å². The Morgan fingerprint density at radius 2 is 1.55 bits per heavy atom. The van der Waals surface area contributed by atoms with Crippen molar-refractivity contribution in [3.63, 3.8) is 0 Å². The number of rotatable bonds is 9. The van der Waals surface area contributed by atoms with Gasteiger partial charge in [0, 0.05) is 19.1 Å². The predicted molar refractivity (Wildman–Crippen MR) is 116 cm³/mol. The van der Waals surface area contributed by atoms with Crippen LogP contribution in [0.25, 0.3) is 0 Å². The zero-order valence-corrected chi connectivity index (χ0v) is 17.7. The molecule has 0 saturated heterocycles. The smallest absolute Gasteiger partial charge is 0.243 e. The second-order valence-corrected chi connectivity index (χ2v) is 10.00. The average molecular weight is 417 g/mol.